The highest BCUT2D eigenvalue weighted by Crippen LogP contribution is 2.30. The maximum absolute atomic E-state index is 12.3. The Hall–Kier alpha value is -2.14. The van der Waals surface area contributed by atoms with E-state index in [9.17, 15) is 9.59 Å². The van der Waals surface area contributed by atoms with Crippen LogP contribution >= 0.6 is 15.9 Å². The van der Waals surface area contributed by atoms with Crippen LogP contribution in [-0.2, 0) is 22.6 Å². The zero-order chi connectivity index (χ0) is 17.1. The van der Waals surface area contributed by atoms with E-state index in [4.69, 9.17) is 0 Å². The fourth-order valence-electron chi connectivity index (χ4n) is 2.81. The summed E-state index contributed by atoms with van der Waals surface area (Å²) in [5.74, 6) is -0.157. The van der Waals surface area contributed by atoms with Gasteiger partial charge in [0.25, 0.3) is 0 Å². The third-order valence-electron chi connectivity index (χ3n) is 4.15. The fourth-order valence-corrected chi connectivity index (χ4v) is 3.22. The van der Waals surface area contributed by atoms with Gasteiger partial charge in [0.05, 0.1) is 0 Å². The SMILES string of the molecule is Cc1ccc(CNC(=O)CN2C(=O)CCc3cc(Br)ccc32)cc1. The van der Waals surface area contributed by atoms with E-state index in [1.807, 2.05) is 49.4 Å². The number of benzene rings is 2. The minimum absolute atomic E-state index is 0.00434. The van der Waals surface area contributed by atoms with Crippen LogP contribution in [-0.4, -0.2) is 18.4 Å². The maximum atomic E-state index is 12.3. The minimum atomic E-state index is -0.153. The van der Waals surface area contributed by atoms with E-state index in [0.717, 1.165) is 27.7 Å². The number of nitrogens with zero attached hydrogens (tertiary/aromatic N) is 1. The molecular formula is C19H19BrN2O2. The van der Waals surface area contributed by atoms with E-state index in [1.165, 1.54) is 5.56 Å². The Morgan fingerprint density at radius 2 is 1.92 bits per heavy atom. The van der Waals surface area contributed by atoms with Crippen molar-refractivity contribution >= 4 is 33.4 Å². The van der Waals surface area contributed by atoms with Gasteiger partial charge in [0.2, 0.25) is 11.8 Å². The van der Waals surface area contributed by atoms with Crippen molar-refractivity contribution in [2.45, 2.75) is 26.3 Å². The van der Waals surface area contributed by atoms with Crippen LogP contribution in [0.3, 0.4) is 0 Å². The molecule has 0 fully saturated rings. The average molecular weight is 387 g/mol. The molecule has 0 atom stereocenters. The smallest absolute Gasteiger partial charge is 0.240 e. The molecule has 2 aromatic carbocycles. The number of halogens is 1. The molecule has 4 nitrogen and oxygen atoms in total. The topological polar surface area (TPSA) is 49.4 Å². The van der Waals surface area contributed by atoms with E-state index in [2.05, 4.69) is 21.2 Å². The second-order valence-electron chi connectivity index (χ2n) is 6.02. The van der Waals surface area contributed by atoms with E-state index in [1.54, 1.807) is 4.90 Å². The molecule has 1 aliphatic heterocycles. The average Bonchev–Trinajstić information content (AvgIpc) is 2.57. The first-order chi connectivity index (χ1) is 11.5. The first kappa shape index (κ1) is 16.7. The van der Waals surface area contributed by atoms with Gasteiger partial charge in [0, 0.05) is 23.1 Å². The highest BCUT2D eigenvalue weighted by molar-refractivity contribution is 9.10. The molecule has 0 spiro atoms. The molecule has 0 radical (unpaired) electrons. The molecule has 24 heavy (non-hydrogen) atoms. The molecule has 0 saturated heterocycles. The largest absolute Gasteiger partial charge is 0.350 e. The van der Waals surface area contributed by atoms with Gasteiger partial charge >= 0.3 is 0 Å². The summed E-state index contributed by atoms with van der Waals surface area (Å²) in [6.45, 7) is 2.55. The maximum Gasteiger partial charge on any atom is 0.240 e. The standard InChI is InChI=1S/C19H19BrN2O2/c1-13-2-4-14(5-3-13)11-21-18(23)12-22-17-8-7-16(20)10-15(17)6-9-19(22)24/h2-5,7-8,10H,6,9,11-12H2,1H3,(H,21,23). The normalized spacial score (nSPS) is 13.6. The number of hydrogen-bond acceptors (Lipinski definition) is 2. The number of carbonyl (C=O) groups is 2. The Bertz CT molecular complexity index is 771. The zero-order valence-corrected chi connectivity index (χ0v) is 15.1. The molecule has 3 rings (SSSR count). The quantitative estimate of drug-likeness (QED) is 0.875. The zero-order valence-electron chi connectivity index (χ0n) is 13.5. The lowest BCUT2D eigenvalue weighted by molar-refractivity contribution is -0.124. The van der Waals surface area contributed by atoms with Gasteiger partial charge < -0.3 is 10.2 Å². The summed E-state index contributed by atoms with van der Waals surface area (Å²) < 4.78 is 0.986. The number of aryl methyl sites for hydroxylation is 2. The summed E-state index contributed by atoms with van der Waals surface area (Å²) in [6.07, 6.45) is 1.16. The van der Waals surface area contributed by atoms with Crippen molar-refractivity contribution in [1.82, 2.24) is 5.32 Å². The molecule has 0 aromatic heterocycles. The van der Waals surface area contributed by atoms with Crippen molar-refractivity contribution in [2.75, 3.05) is 11.4 Å². The van der Waals surface area contributed by atoms with Crippen LogP contribution in [0, 0.1) is 6.92 Å². The highest BCUT2D eigenvalue weighted by Gasteiger charge is 2.25. The number of fused-ring (bicyclic) bond motifs is 1. The van der Waals surface area contributed by atoms with Crippen LogP contribution in [0.25, 0.3) is 0 Å². The van der Waals surface area contributed by atoms with Crippen LogP contribution < -0.4 is 10.2 Å². The lowest BCUT2D eigenvalue weighted by atomic mass is 10.0. The van der Waals surface area contributed by atoms with Crippen molar-refractivity contribution in [2.24, 2.45) is 0 Å². The number of carbonyl (C=O) groups excluding carboxylic acids is 2. The first-order valence-electron chi connectivity index (χ1n) is 7.94. The van der Waals surface area contributed by atoms with E-state index in [-0.39, 0.29) is 18.4 Å². The lowest BCUT2D eigenvalue weighted by Crippen LogP contribution is -2.42. The van der Waals surface area contributed by atoms with Gasteiger partial charge in [-0.05, 0) is 42.7 Å². The van der Waals surface area contributed by atoms with Gasteiger partial charge in [0.1, 0.15) is 6.54 Å². The van der Waals surface area contributed by atoms with Crippen LogP contribution in [0.15, 0.2) is 46.9 Å². The molecule has 5 heteroatoms. The molecule has 2 aromatic rings. The molecule has 1 aliphatic rings. The van der Waals surface area contributed by atoms with Crippen LogP contribution in [0.2, 0.25) is 0 Å². The Morgan fingerprint density at radius 1 is 1.17 bits per heavy atom. The second kappa shape index (κ2) is 7.18. The third-order valence-corrected chi connectivity index (χ3v) is 4.65. The first-order valence-corrected chi connectivity index (χ1v) is 8.73. The van der Waals surface area contributed by atoms with Crippen LogP contribution in [0.5, 0.6) is 0 Å². The number of anilines is 1. The number of hydrogen-bond donors (Lipinski definition) is 1. The number of nitrogens with one attached hydrogen (secondary N) is 1. The molecule has 0 unspecified atom stereocenters. The van der Waals surface area contributed by atoms with Gasteiger partial charge in [-0.2, -0.15) is 0 Å². The minimum Gasteiger partial charge on any atom is -0.350 e. The van der Waals surface area contributed by atoms with E-state index in [0.29, 0.717) is 13.0 Å². The Labute approximate surface area is 150 Å². The molecule has 1 N–H and O–H groups in total. The molecule has 1 heterocycles. The Balaban J connectivity index is 1.65. The molecule has 0 saturated carbocycles. The predicted octanol–water partition coefficient (Wildman–Crippen LogP) is 3.35. The van der Waals surface area contributed by atoms with Crippen LogP contribution in [0.1, 0.15) is 23.1 Å². The summed E-state index contributed by atoms with van der Waals surface area (Å²) in [5.41, 5.74) is 4.16. The van der Waals surface area contributed by atoms with Crippen molar-refractivity contribution in [3.8, 4) is 0 Å². The van der Waals surface area contributed by atoms with Crippen molar-refractivity contribution in [1.29, 1.82) is 0 Å². The molecule has 0 aliphatic carbocycles. The molecular weight excluding hydrogens is 368 g/mol. The summed E-state index contributed by atoms with van der Waals surface area (Å²) in [4.78, 5) is 26.1. The summed E-state index contributed by atoms with van der Waals surface area (Å²) in [5, 5.41) is 2.89. The Kier molecular flexibility index (Phi) is 5.00. The van der Waals surface area contributed by atoms with Gasteiger partial charge in [-0.1, -0.05) is 45.8 Å². The second-order valence-corrected chi connectivity index (χ2v) is 6.93. The molecule has 2 amide bonds. The summed E-state index contributed by atoms with van der Waals surface area (Å²) in [7, 11) is 0. The van der Waals surface area contributed by atoms with Gasteiger partial charge in [-0.3, -0.25) is 9.59 Å². The van der Waals surface area contributed by atoms with Gasteiger partial charge in [0.15, 0.2) is 0 Å². The molecule has 124 valence electrons. The highest BCUT2D eigenvalue weighted by atomic mass is 79.9. The molecule has 0 bridgehead atoms. The summed E-state index contributed by atoms with van der Waals surface area (Å²) in [6, 6.07) is 13.8. The summed E-state index contributed by atoms with van der Waals surface area (Å²) >= 11 is 3.45. The van der Waals surface area contributed by atoms with E-state index >= 15 is 0 Å². The van der Waals surface area contributed by atoms with Gasteiger partial charge in [-0.25, -0.2) is 0 Å². The van der Waals surface area contributed by atoms with Crippen molar-refractivity contribution in [3.05, 3.63) is 63.6 Å². The fraction of sp³-hybridized carbons (Fsp3) is 0.263. The number of amides is 2. The van der Waals surface area contributed by atoms with Crippen molar-refractivity contribution in [3.63, 3.8) is 0 Å². The Morgan fingerprint density at radius 3 is 2.67 bits per heavy atom. The number of rotatable bonds is 4. The monoisotopic (exact) mass is 386 g/mol. The van der Waals surface area contributed by atoms with Gasteiger partial charge in [-0.15, -0.1) is 0 Å². The third kappa shape index (κ3) is 3.85. The van der Waals surface area contributed by atoms with E-state index < -0.39 is 0 Å². The lowest BCUT2D eigenvalue weighted by Gasteiger charge is -2.29. The predicted molar refractivity (Wildman–Crippen MR) is 97.8 cm³/mol. The van der Waals surface area contributed by atoms with Crippen LogP contribution in [0.4, 0.5) is 5.69 Å². The van der Waals surface area contributed by atoms with Crippen molar-refractivity contribution < 1.29 is 9.59 Å².